The molecule has 4 heteroatoms. The molecule has 0 atom stereocenters. The van der Waals surface area contributed by atoms with Gasteiger partial charge in [-0.3, -0.25) is 4.99 Å². The molecule has 0 bridgehead atoms. The van der Waals surface area contributed by atoms with Crippen LogP contribution in [0.2, 0.25) is 0 Å². The highest BCUT2D eigenvalue weighted by molar-refractivity contribution is 5.23. The van der Waals surface area contributed by atoms with E-state index in [-0.39, 0.29) is 5.54 Å². The zero-order valence-electron chi connectivity index (χ0n) is 5.83. The maximum Gasteiger partial charge on any atom is 0.0974 e. The van der Waals surface area contributed by atoms with Gasteiger partial charge < -0.3 is 5.84 Å². The molecule has 0 aliphatic heterocycles. The minimum atomic E-state index is -0.295. The van der Waals surface area contributed by atoms with Gasteiger partial charge >= 0.3 is 0 Å². The molecule has 0 aromatic rings. The molecule has 0 saturated carbocycles. The molecule has 0 unspecified atom stereocenters. The Morgan fingerprint density at radius 3 is 2.44 bits per heavy atom. The van der Waals surface area contributed by atoms with Crippen LogP contribution in [0.4, 0.5) is 0 Å². The SMILES string of the molecule is C=NCC(C)(C)N=NN. The van der Waals surface area contributed by atoms with E-state index < -0.39 is 0 Å². The quantitative estimate of drug-likeness (QED) is 0.260. The van der Waals surface area contributed by atoms with Gasteiger partial charge in [0.25, 0.3) is 0 Å². The molecule has 0 rings (SSSR count). The number of hydrogen-bond acceptors (Lipinski definition) is 3. The van der Waals surface area contributed by atoms with Gasteiger partial charge in [0, 0.05) is 0 Å². The summed E-state index contributed by atoms with van der Waals surface area (Å²) in [5.41, 5.74) is -0.295. The van der Waals surface area contributed by atoms with Gasteiger partial charge in [-0.1, -0.05) is 5.22 Å². The lowest BCUT2D eigenvalue weighted by molar-refractivity contribution is 0.503. The van der Waals surface area contributed by atoms with Crippen molar-refractivity contribution in [3.8, 4) is 0 Å². The van der Waals surface area contributed by atoms with Gasteiger partial charge in [0.2, 0.25) is 0 Å². The average molecular weight is 128 g/mol. The molecule has 0 aromatic heterocycles. The predicted octanol–water partition coefficient (Wildman–Crippen LogP) is 0.792. The van der Waals surface area contributed by atoms with E-state index in [0.717, 1.165) is 0 Å². The van der Waals surface area contributed by atoms with Crippen molar-refractivity contribution in [1.29, 1.82) is 0 Å². The smallest absolute Gasteiger partial charge is 0.0974 e. The Kier molecular flexibility index (Phi) is 2.84. The maximum absolute atomic E-state index is 4.84. The molecule has 0 spiro atoms. The molecule has 0 aliphatic carbocycles. The first-order valence-corrected chi connectivity index (χ1v) is 2.67. The molecule has 52 valence electrons. The van der Waals surface area contributed by atoms with E-state index >= 15 is 0 Å². The summed E-state index contributed by atoms with van der Waals surface area (Å²) in [6.45, 7) is 7.66. The van der Waals surface area contributed by atoms with Crippen LogP contribution in [0.3, 0.4) is 0 Å². The van der Waals surface area contributed by atoms with E-state index in [1.807, 2.05) is 13.8 Å². The van der Waals surface area contributed by atoms with E-state index in [0.29, 0.717) is 6.54 Å². The van der Waals surface area contributed by atoms with Gasteiger partial charge in [0.15, 0.2) is 0 Å². The molecule has 4 nitrogen and oxygen atoms in total. The molecule has 0 saturated heterocycles. The van der Waals surface area contributed by atoms with Gasteiger partial charge in [-0.15, -0.1) is 0 Å². The van der Waals surface area contributed by atoms with Crippen molar-refractivity contribution >= 4 is 6.72 Å². The summed E-state index contributed by atoms with van der Waals surface area (Å²) >= 11 is 0. The molecule has 0 fully saturated rings. The Bertz CT molecular complexity index is 116. The normalized spacial score (nSPS) is 12.2. The molecule has 2 N–H and O–H groups in total. The number of aliphatic imine (C=N–C) groups is 1. The number of rotatable bonds is 3. The van der Waals surface area contributed by atoms with Crippen molar-refractivity contribution in [2.24, 2.45) is 21.2 Å². The number of hydrogen-bond donors (Lipinski definition) is 1. The van der Waals surface area contributed by atoms with Crippen LogP contribution in [0.5, 0.6) is 0 Å². The molecule has 0 aromatic carbocycles. The van der Waals surface area contributed by atoms with Crippen molar-refractivity contribution in [2.45, 2.75) is 19.4 Å². The number of nitrogens with zero attached hydrogens (tertiary/aromatic N) is 3. The van der Waals surface area contributed by atoms with E-state index in [4.69, 9.17) is 5.84 Å². The summed E-state index contributed by atoms with van der Waals surface area (Å²) in [5.74, 6) is 4.84. The van der Waals surface area contributed by atoms with E-state index in [2.05, 4.69) is 22.0 Å². The summed E-state index contributed by atoms with van der Waals surface area (Å²) in [6, 6.07) is 0. The maximum atomic E-state index is 4.84. The van der Waals surface area contributed by atoms with Crippen LogP contribution in [0.15, 0.2) is 15.3 Å². The first-order valence-electron chi connectivity index (χ1n) is 2.67. The molecular weight excluding hydrogens is 116 g/mol. The van der Waals surface area contributed by atoms with Crippen molar-refractivity contribution in [3.05, 3.63) is 0 Å². The van der Waals surface area contributed by atoms with Crippen LogP contribution < -0.4 is 5.84 Å². The predicted molar refractivity (Wildman–Crippen MR) is 37.5 cm³/mol. The topological polar surface area (TPSA) is 63.1 Å². The standard InChI is InChI=1S/C5H12N4/c1-5(2,4-7-3)8-9-6/h3-4H2,1-2H3,(H2,6,8). The summed E-state index contributed by atoms with van der Waals surface area (Å²) in [7, 11) is 0. The van der Waals surface area contributed by atoms with Crippen LogP contribution in [0.25, 0.3) is 0 Å². The largest absolute Gasteiger partial charge is 0.305 e. The second-order valence-electron chi connectivity index (χ2n) is 2.41. The third-order valence-corrected chi connectivity index (χ3v) is 0.827. The Hall–Kier alpha value is -0.930. The van der Waals surface area contributed by atoms with E-state index in [1.165, 1.54) is 0 Å². The summed E-state index contributed by atoms with van der Waals surface area (Å²) in [4.78, 5) is 3.67. The van der Waals surface area contributed by atoms with Crippen molar-refractivity contribution < 1.29 is 0 Å². The molecule has 0 radical (unpaired) electrons. The lowest BCUT2D eigenvalue weighted by atomic mass is 10.1. The summed E-state index contributed by atoms with van der Waals surface area (Å²) < 4.78 is 0. The van der Waals surface area contributed by atoms with Crippen molar-refractivity contribution in [2.75, 3.05) is 6.54 Å². The third-order valence-electron chi connectivity index (χ3n) is 0.827. The van der Waals surface area contributed by atoms with Crippen LogP contribution in [-0.4, -0.2) is 18.8 Å². The zero-order valence-corrected chi connectivity index (χ0v) is 5.83. The fourth-order valence-electron chi connectivity index (χ4n) is 0.462. The van der Waals surface area contributed by atoms with Crippen LogP contribution in [0, 0.1) is 0 Å². The highest BCUT2D eigenvalue weighted by Crippen LogP contribution is 2.07. The van der Waals surface area contributed by atoms with Gasteiger partial charge in [-0.2, -0.15) is 5.11 Å². The van der Waals surface area contributed by atoms with Crippen molar-refractivity contribution in [1.82, 2.24) is 0 Å². The van der Waals surface area contributed by atoms with Crippen LogP contribution in [0.1, 0.15) is 13.8 Å². The second-order valence-corrected chi connectivity index (χ2v) is 2.41. The van der Waals surface area contributed by atoms with Gasteiger partial charge in [0.1, 0.15) is 0 Å². The minimum Gasteiger partial charge on any atom is -0.305 e. The minimum absolute atomic E-state index is 0.295. The first kappa shape index (κ1) is 8.07. The van der Waals surface area contributed by atoms with Gasteiger partial charge in [-0.25, -0.2) is 0 Å². The van der Waals surface area contributed by atoms with Crippen LogP contribution in [-0.2, 0) is 0 Å². The molecular formula is C5H12N4. The Morgan fingerprint density at radius 2 is 2.11 bits per heavy atom. The monoisotopic (exact) mass is 128 g/mol. The van der Waals surface area contributed by atoms with E-state index in [9.17, 15) is 0 Å². The Balaban J connectivity index is 3.84. The molecule has 0 heterocycles. The third kappa shape index (κ3) is 3.64. The van der Waals surface area contributed by atoms with Crippen LogP contribution >= 0.6 is 0 Å². The average Bonchev–Trinajstić information content (AvgIpc) is 1.64. The Labute approximate surface area is 54.9 Å². The lowest BCUT2D eigenvalue weighted by Crippen LogP contribution is -2.20. The molecule has 0 amide bonds. The molecule has 9 heavy (non-hydrogen) atoms. The highest BCUT2D eigenvalue weighted by atomic mass is 15.3. The fraction of sp³-hybridized carbons (Fsp3) is 0.800. The van der Waals surface area contributed by atoms with Gasteiger partial charge in [-0.05, 0) is 20.6 Å². The van der Waals surface area contributed by atoms with Crippen molar-refractivity contribution in [3.63, 3.8) is 0 Å². The zero-order chi connectivity index (χ0) is 7.33. The first-order chi connectivity index (χ1) is 4.12. The fourth-order valence-corrected chi connectivity index (χ4v) is 0.462. The summed E-state index contributed by atoms with van der Waals surface area (Å²) in [5, 5.41) is 6.88. The number of nitrogens with two attached hydrogens (primary N) is 1. The Morgan fingerprint density at radius 1 is 1.56 bits per heavy atom. The highest BCUT2D eigenvalue weighted by Gasteiger charge is 2.14. The van der Waals surface area contributed by atoms with E-state index in [1.54, 1.807) is 0 Å². The second kappa shape index (κ2) is 3.17. The molecule has 0 aliphatic rings. The lowest BCUT2D eigenvalue weighted by Gasteiger charge is -2.12. The summed E-state index contributed by atoms with van der Waals surface area (Å²) in [6.07, 6.45) is 0. The van der Waals surface area contributed by atoms with Gasteiger partial charge in [0.05, 0.1) is 12.1 Å².